The minimum atomic E-state index is 0.645. The van der Waals surface area contributed by atoms with Gasteiger partial charge in [-0.25, -0.2) is 4.98 Å². The first kappa shape index (κ1) is 13.6. The molecule has 0 saturated carbocycles. The number of nitrogens with two attached hydrogens (primary N) is 1. The highest BCUT2D eigenvalue weighted by Gasteiger charge is 2.12. The molecular weight excluding hydrogens is 283 g/mol. The predicted molar refractivity (Wildman–Crippen MR) is 95.6 cm³/mol. The van der Waals surface area contributed by atoms with E-state index < -0.39 is 0 Å². The van der Waals surface area contributed by atoms with E-state index in [0.717, 1.165) is 21.8 Å². The van der Waals surface area contributed by atoms with Crippen molar-refractivity contribution in [3.63, 3.8) is 0 Å². The number of benzene rings is 3. The van der Waals surface area contributed by atoms with Gasteiger partial charge in [-0.15, -0.1) is 0 Å². The Labute approximate surface area is 135 Å². The van der Waals surface area contributed by atoms with Crippen LogP contribution in [0.25, 0.3) is 21.8 Å². The molecule has 23 heavy (non-hydrogen) atoms. The lowest BCUT2D eigenvalue weighted by Crippen LogP contribution is -2.06. The Morgan fingerprint density at radius 3 is 2.39 bits per heavy atom. The van der Waals surface area contributed by atoms with Crippen molar-refractivity contribution < 1.29 is 4.74 Å². The van der Waals surface area contributed by atoms with Crippen molar-refractivity contribution in [3.8, 4) is 11.5 Å². The fourth-order valence-electron chi connectivity index (χ4n) is 2.69. The highest BCUT2D eigenvalue weighted by atomic mass is 16.5. The van der Waals surface area contributed by atoms with Crippen LogP contribution in [-0.4, -0.2) is 12.8 Å². The number of hydrogen-bond donors (Lipinski definition) is 1. The molecule has 0 atom stereocenters. The number of fused-ring (bicyclic) bond motifs is 2. The molecule has 0 aliphatic carbocycles. The van der Waals surface area contributed by atoms with E-state index >= 15 is 0 Å². The third kappa shape index (κ3) is 2.38. The van der Waals surface area contributed by atoms with Crippen LogP contribution in [0.15, 0.2) is 66.7 Å². The molecule has 0 fully saturated rings. The quantitative estimate of drug-likeness (QED) is 0.349. The van der Waals surface area contributed by atoms with E-state index in [4.69, 9.17) is 18.3 Å². The first-order chi connectivity index (χ1) is 11.2. The molecule has 1 aromatic heterocycles. The molecule has 4 rings (SSSR count). The first-order valence-corrected chi connectivity index (χ1v) is 7.33. The molecule has 0 saturated heterocycles. The summed E-state index contributed by atoms with van der Waals surface area (Å²) in [4.78, 5) is 4.67. The minimum Gasteiger partial charge on any atom is -0.456 e. The summed E-state index contributed by atoms with van der Waals surface area (Å²) in [7, 11) is 6.19. The summed E-state index contributed by atoms with van der Waals surface area (Å²) in [6.07, 6.45) is 0. The lowest BCUT2D eigenvalue weighted by molar-refractivity contribution is 0.494. The number of nitrogens with zero attached hydrogens (tertiary/aromatic N) is 1. The van der Waals surface area contributed by atoms with Gasteiger partial charge in [-0.05, 0) is 42.5 Å². The van der Waals surface area contributed by atoms with Crippen LogP contribution >= 0.6 is 0 Å². The molecule has 4 heteroatoms. The van der Waals surface area contributed by atoms with Gasteiger partial charge >= 0.3 is 0 Å². The van der Waals surface area contributed by atoms with Crippen LogP contribution in [0, 0.1) is 0 Å². The van der Waals surface area contributed by atoms with Crippen LogP contribution < -0.4 is 15.9 Å². The number of aromatic nitrogens is 1. The van der Waals surface area contributed by atoms with Gasteiger partial charge in [-0.3, -0.25) is 0 Å². The second-order valence-electron chi connectivity index (χ2n) is 5.37. The molecule has 4 aromatic rings. The topological polar surface area (TPSA) is 48.1 Å². The Hall–Kier alpha value is -3.01. The first-order valence-electron chi connectivity index (χ1n) is 7.33. The zero-order valence-electron chi connectivity index (χ0n) is 12.4. The molecule has 0 aliphatic heterocycles. The van der Waals surface area contributed by atoms with Crippen molar-refractivity contribution in [1.82, 2.24) is 4.98 Å². The Morgan fingerprint density at radius 2 is 1.57 bits per heavy atom. The molecule has 1 heterocycles. The fourth-order valence-corrected chi connectivity index (χ4v) is 2.69. The van der Waals surface area contributed by atoms with Crippen LogP contribution in [0.1, 0.15) is 0 Å². The lowest BCUT2D eigenvalue weighted by atomic mass is 9.90. The van der Waals surface area contributed by atoms with Crippen molar-refractivity contribution in [3.05, 3.63) is 66.7 Å². The number of rotatable bonds is 2. The number of anilines is 1. The molecule has 0 unspecified atom stereocenters. The monoisotopic (exact) mass is 296 g/mol. The summed E-state index contributed by atoms with van der Waals surface area (Å²) in [5.74, 6) is 1.42. The van der Waals surface area contributed by atoms with Crippen molar-refractivity contribution in [2.45, 2.75) is 0 Å². The van der Waals surface area contributed by atoms with E-state index in [2.05, 4.69) is 4.98 Å². The van der Waals surface area contributed by atoms with Gasteiger partial charge in [-0.1, -0.05) is 29.7 Å². The molecule has 108 valence electrons. The second-order valence-corrected chi connectivity index (χ2v) is 5.37. The number of pyridine rings is 1. The van der Waals surface area contributed by atoms with Crippen molar-refractivity contribution in [2.24, 2.45) is 0 Å². The van der Waals surface area contributed by atoms with E-state index in [1.807, 2.05) is 66.7 Å². The number of hydrogen-bond acceptors (Lipinski definition) is 3. The number of para-hydroxylation sites is 1. The summed E-state index contributed by atoms with van der Waals surface area (Å²) >= 11 is 0. The van der Waals surface area contributed by atoms with E-state index in [9.17, 15) is 0 Å². The Kier molecular flexibility index (Phi) is 3.16. The van der Waals surface area contributed by atoms with Gasteiger partial charge < -0.3 is 10.5 Å². The second kappa shape index (κ2) is 5.32. The van der Waals surface area contributed by atoms with Crippen LogP contribution in [0.5, 0.6) is 11.5 Å². The molecule has 0 amide bonds. The van der Waals surface area contributed by atoms with Crippen molar-refractivity contribution >= 4 is 40.8 Å². The van der Waals surface area contributed by atoms with Crippen LogP contribution in [0.2, 0.25) is 0 Å². The average molecular weight is 296 g/mol. The molecule has 3 nitrogen and oxygen atoms in total. The maximum absolute atomic E-state index is 6.19. The summed E-state index contributed by atoms with van der Waals surface area (Å²) in [5, 5.41) is 1.75. The van der Waals surface area contributed by atoms with Crippen LogP contribution in [0.4, 0.5) is 5.69 Å². The maximum atomic E-state index is 6.19. The Balaban J connectivity index is 2.02. The Morgan fingerprint density at radius 1 is 0.826 bits per heavy atom. The number of ether oxygens (including phenoxy) is 1. The zero-order valence-corrected chi connectivity index (χ0v) is 12.4. The van der Waals surface area contributed by atoms with E-state index in [1.165, 1.54) is 0 Å². The average Bonchev–Trinajstić information content (AvgIpc) is 2.57. The molecule has 2 radical (unpaired) electrons. The third-order valence-corrected chi connectivity index (χ3v) is 3.79. The van der Waals surface area contributed by atoms with Gasteiger partial charge in [0.05, 0.1) is 11.0 Å². The largest absolute Gasteiger partial charge is 0.456 e. The van der Waals surface area contributed by atoms with Gasteiger partial charge in [0.1, 0.15) is 19.3 Å². The summed E-state index contributed by atoms with van der Waals surface area (Å²) < 4.78 is 6.17. The minimum absolute atomic E-state index is 0.645. The van der Waals surface area contributed by atoms with Crippen molar-refractivity contribution in [2.75, 3.05) is 5.73 Å². The third-order valence-electron chi connectivity index (χ3n) is 3.79. The molecule has 0 bridgehead atoms. The molecule has 3 aromatic carbocycles. The fraction of sp³-hybridized carbons (Fsp3) is 0. The lowest BCUT2D eigenvalue weighted by Gasteiger charge is -2.14. The Bertz CT molecular complexity index is 1010. The van der Waals surface area contributed by atoms with Crippen molar-refractivity contribution in [1.29, 1.82) is 0 Å². The van der Waals surface area contributed by atoms with Gasteiger partial charge in [0, 0.05) is 16.5 Å². The highest BCUT2D eigenvalue weighted by molar-refractivity contribution is 6.40. The molecule has 0 aliphatic rings. The molecule has 2 N–H and O–H groups in total. The standard InChI is InChI=1S/C19H13BN2O/c20-15-5-3-7-17-18(15)19(14-4-1-2-6-16(14)22-17)23-13-10-8-12(21)9-11-13/h1-11H,21H2. The van der Waals surface area contributed by atoms with Gasteiger partial charge in [0.25, 0.3) is 0 Å². The van der Waals surface area contributed by atoms with Gasteiger partial charge in [0.2, 0.25) is 0 Å². The molecular formula is C19H13BN2O. The highest BCUT2D eigenvalue weighted by Crippen LogP contribution is 2.35. The van der Waals surface area contributed by atoms with Gasteiger partial charge in [0.15, 0.2) is 0 Å². The summed E-state index contributed by atoms with van der Waals surface area (Å²) in [6, 6.07) is 20.9. The van der Waals surface area contributed by atoms with E-state index in [-0.39, 0.29) is 0 Å². The van der Waals surface area contributed by atoms with Gasteiger partial charge in [-0.2, -0.15) is 0 Å². The zero-order chi connectivity index (χ0) is 15.8. The van der Waals surface area contributed by atoms with Crippen LogP contribution in [-0.2, 0) is 0 Å². The number of nitrogen functional groups attached to an aromatic ring is 1. The van der Waals surface area contributed by atoms with E-state index in [1.54, 1.807) is 0 Å². The molecule has 0 spiro atoms. The SMILES string of the molecule is [B]c1cccc2nc3ccccc3c(Oc3ccc(N)cc3)c12. The summed E-state index contributed by atoms with van der Waals surface area (Å²) in [5.41, 5.74) is 8.77. The normalized spacial score (nSPS) is 11.0. The summed E-state index contributed by atoms with van der Waals surface area (Å²) in [6.45, 7) is 0. The van der Waals surface area contributed by atoms with Crippen LogP contribution in [0.3, 0.4) is 0 Å². The van der Waals surface area contributed by atoms with E-state index in [0.29, 0.717) is 22.6 Å². The maximum Gasteiger partial charge on any atom is 0.145 e. The smallest absolute Gasteiger partial charge is 0.145 e. The predicted octanol–water partition coefficient (Wildman–Crippen LogP) is 3.56.